The first kappa shape index (κ1) is 15.0. The van der Waals surface area contributed by atoms with Crippen LogP contribution in [0.4, 0.5) is 0 Å². The zero-order valence-electron chi connectivity index (χ0n) is 11.2. The Hall–Kier alpha value is -1.10. The molecular formula is C13H18O4S. The van der Waals surface area contributed by atoms with Crippen molar-refractivity contribution in [1.82, 2.24) is 0 Å². The molecule has 1 aliphatic rings. The third-order valence-corrected chi connectivity index (χ3v) is 3.62. The van der Waals surface area contributed by atoms with Gasteiger partial charge >= 0.3 is 0 Å². The van der Waals surface area contributed by atoms with Gasteiger partial charge in [0.25, 0.3) is 0 Å². The predicted octanol–water partition coefficient (Wildman–Crippen LogP) is 1.89. The van der Waals surface area contributed by atoms with E-state index in [-0.39, 0.29) is 11.4 Å². The molecule has 100 valence electrons. The SMILES string of the molecule is CC(S)C(=O)C1=C(O)C(C)(C)C(=O)C(C)(C)C1=O. The highest BCUT2D eigenvalue weighted by molar-refractivity contribution is 7.81. The second-order valence-electron chi connectivity index (χ2n) is 5.67. The van der Waals surface area contributed by atoms with Crippen LogP contribution in [0.2, 0.25) is 0 Å². The highest BCUT2D eigenvalue weighted by Crippen LogP contribution is 2.43. The van der Waals surface area contributed by atoms with Crippen molar-refractivity contribution in [3.05, 3.63) is 11.3 Å². The standard InChI is InChI=1S/C13H18O4S/c1-6(18)8(14)7-9(15)12(2,3)11(17)13(4,5)10(7)16/h6,15,18H,1-5H3. The molecule has 0 radical (unpaired) electrons. The van der Waals surface area contributed by atoms with Gasteiger partial charge in [-0.3, -0.25) is 14.4 Å². The summed E-state index contributed by atoms with van der Waals surface area (Å²) in [6.45, 7) is 7.49. The Morgan fingerprint density at radius 3 is 2.00 bits per heavy atom. The second kappa shape index (κ2) is 4.23. The molecule has 0 aromatic carbocycles. The summed E-state index contributed by atoms with van der Waals surface area (Å²) in [5.41, 5.74) is -2.82. The minimum absolute atomic E-state index is 0.285. The molecule has 0 heterocycles. The number of thiol groups is 1. The number of carbonyl (C=O) groups is 3. The van der Waals surface area contributed by atoms with Gasteiger partial charge in [-0.25, -0.2) is 0 Å². The van der Waals surface area contributed by atoms with E-state index in [9.17, 15) is 19.5 Å². The van der Waals surface area contributed by atoms with Crippen molar-refractivity contribution in [1.29, 1.82) is 0 Å². The van der Waals surface area contributed by atoms with Crippen LogP contribution in [0.25, 0.3) is 0 Å². The first-order chi connectivity index (χ1) is 7.95. The number of rotatable bonds is 2. The number of hydrogen-bond donors (Lipinski definition) is 2. The zero-order chi connectivity index (χ0) is 14.5. The van der Waals surface area contributed by atoms with Crippen molar-refractivity contribution in [3.63, 3.8) is 0 Å². The normalized spacial score (nSPS) is 24.1. The molecule has 1 atom stereocenters. The maximum atomic E-state index is 12.2. The molecule has 5 heteroatoms. The summed E-state index contributed by atoms with van der Waals surface area (Å²) < 4.78 is 0. The van der Waals surface area contributed by atoms with Crippen LogP contribution >= 0.6 is 12.6 Å². The van der Waals surface area contributed by atoms with E-state index in [1.165, 1.54) is 34.6 Å². The largest absolute Gasteiger partial charge is 0.510 e. The van der Waals surface area contributed by atoms with E-state index >= 15 is 0 Å². The van der Waals surface area contributed by atoms with E-state index in [1.54, 1.807) is 0 Å². The summed E-state index contributed by atoms with van der Waals surface area (Å²) in [4.78, 5) is 36.4. The molecule has 1 N–H and O–H groups in total. The van der Waals surface area contributed by atoms with E-state index < -0.39 is 33.4 Å². The fraction of sp³-hybridized carbons (Fsp3) is 0.615. The number of Topliss-reactive ketones (excluding diaryl/α,β-unsaturated/α-hetero) is 3. The van der Waals surface area contributed by atoms with Crippen LogP contribution in [-0.2, 0) is 14.4 Å². The molecule has 0 aromatic heterocycles. The first-order valence-corrected chi connectivity index (χ1v) is 6.23. The number of ketones is 3. The summed E-state index contributed by atoms with van der Waals surface area (Å²) in [6, 6.07) is 0. The van der Waals surface area contributed by atoms with Gasteiger partial charge in [0.15, 0.2) is 17.3 Å². The Kier molecular flexibility index (Phi) is 3.51. The highest BCUT2D eigenvalue weighted by atomic mass is 32.1. The Bertz CT molecular complexity index is 469. The van der Waals surface area contributed by atoms with Crippen LogP contribution in [0.3, 0.4) is 0 Å². The van der Waals surface area contributed by atoms with E-state index in [0.29, 0.717) is 0 Å². The minimum atomic E-state index is -1.30. The Morgan fingerprint density at radius 1 is 1.17 bits per heavy atom. The van der Waals surface area contributed by atoms with E-state index in [0.717, 1.165) is 0 Å². The van der Waals surface area contributed by atoms with Crippen LogP contribution in [-0.4, -0.2) is 27.7 Å². The van der Waals surface area contributed by atoms with E-state index in [4.69, 9.17) is 0 Å². The van der Waals surface area contributed by atoms with Crippen molar-refractivity contribution in [2.75, 3.05) is 0 Å². The van der Waals surface area contributed by atoms with Gasteiger partial charge in [0.2, 0.25) is 0 Å². The van der Waals surface area contributed by atoms with Gasteiger partial charge in [0.05, 0.1) is 16.1 Å². The van der Waals surface area contributed by atoms with Gasteiger partial charge in [0, 0.05) is 0 Å². The third kappa shape index (κ3) is 1.90. The van der Waals surface area contributed by atoms with Crippen molar-refractivity contribution in [2.24, 2.45) is 10.8 Å². The molecule has 0 bridgehead atoms. The van der Waals surface area contributed by atoms with Crippen molar-refractivity contribution in [2.45, 2.75) is 39.9 Å². The number of allylic oxidation sites excluding steroid dienone is 2. The lowest BCUT2D eigenvalue weighted by atomic mass is 9.63. The van der Waals surface area contributed by atoms with Crippen LogP contribution in [0.1, 0.15) is 34.6 Å². The Balaban J connectivity index is 3.57. The van der Waals surface area contributed by atoms with Crippen molar-refractivity contribution < 1.29 is 19.5 Å². The monoisotopic (exact) mass is 270 g/mol. The smallest absolute Gasteiger partial charge is 0.182 e. The lowest BCUT2D eigenvalue weighted by molar-refractivity contribution is -0.145. The molecule has 0 saturated carbocycles. The van der Waals surface area contributed by atoms with Gasteiger partial charge in [0.1, 0.15) is 11.3 Å². The zero-order valence-corrected chi connectivity index (χ0v) is 12.1. The van der Waals surface area contributed by atoms with Gasteiger partial charge in [-0.15, -0.1) is 0 Å². The molecule has 0 aliphatic heterocycles. The number of hydrogen-bond acceptors (Lipinski definition) is 5. The number of aliphatic hydroxyl groups is 1. The fourth-order valence-electron chi connectivity index (χ4n) is 2.16. The molecule has 0 spiro atoms. The Morgan fingerprint density at radius 2 is 1.61 bits per heavy atom. The maximum Gasteiger partial charge on any atom is 0.182 e. The summed E-state index contributed by atoms with van der Waals surface area (Å²) in [5, 5.41) is 9.37. The van der Waals surface area contributed by atoms with Gasteiger partial charge in [-0.2, -0.15) is 12.6 Å². The molecule has 0 amide bonds. The van der Waals surface area contributed by atoms with Crippen LogP contribution in [0.5, 0.6) is 0 Å². The molecule has 0 fully saturated rings. The first-order valence-electron chi connectivity index (χ1n) is 5.71. The molecule has 0 aromatic rings. The van der Waals surface area contributed by atoms with E-state index in [2.05, 4.69) is 12.6 Å². The third-order valence-electron chi connectivity index (χ3n) is 3.38. The van der Waals surface area contributed by atoms with Gasteiger partial charge in [-0.05, 0) is 34.6 Å². The molecule has 0 saturated heterocycles. The molecule has 1 rings (SSSR count). The average Bonchev–Trinajstić information content (AvgIpc) is 2.25. The average molecular weight is 270 g/mol. The maximum absolute atomic E-state index is 12.2. The minimum Gasteiger partial charge on any atom is -0.510 e. The quantitative estimate of drug-likeness (QED) is 0.456. The number of aliphatic hydroxyl groups excluding tert-OH is 1. The Labute approximate surface area is 112 Å². The molecular weight excluding hydrogens is 252 g/mol. The summed E-state index contributed by atoms with van der Waals surface area (Å²) in [6.07, 6.45) is 0. The second-order valence-corrected chi connectivity index (χ2v) is 6.45. The number of carbonyl (C=O) groups excluding carboxylic acids is 3. The summed E-state index contributed by atoms with van der Waals surface area (Å²) in [7, 11) is 0. The van der Waals surface area contributed by atoms with Crippen molar-refractivity contribution >= 4 is 30.0 Å². The molecule has 4 nitrogen and oxygen atoms in total. The van der Waals surface area contributed by atoms with Gasteiger partial charge < -0.3 is 5.11 Å². The van der Waals surface area contributed by atoms with Crippen LogP contribution in [0.15, 0.2) is 11.3 Å². The lowest BCUT2D eigenvalue weighted by Gasteiger charge is -2.38. The summed E-state index contributed by atoms with van der Waals surface area (Å²) >= 11 is 3.99. The van der Waals surface area contributed by atoms with E-state index in [1.807, 2.05) is 0 Å². The molecule has 1 unspecified atom stereocenters. The predicted molar refractivity (Wildman–Crippen MR) is 70.7 cm³/mol. The summed E-state index contributed by atoms with van der Waals surface area (Å²) in [5.74, 6) is -2.01. The molecule has 1 aliphatic carbocycles. The fourth-order valence-corrected chi connectivity index (χ4v) is 2.29. The van der Waals surface area contributed by atoms with Crippen molar-refractivity contribution in [3.8, 4) is 0 Å². The lowest BCUT2D eigenvalue weighted by Crippen LogP contribution is -2.50. The van der Waals surface area contributed by atoms with Crippen LogP contribution < -0.4 is 0 Å². The highest BCUT2D eigenvalue weighted by Gasteiger charge is 2.54. The van der Waals surface area contributed by atoms with Gasteiger partial charge in [-0.1, -0.05) is 0 Å². The topological polar surface area (TPSA) is 71.4 Å². The molecule has 18 heavy (non-hydrogen) atoms. The van der Waals surface area contributed by atoms with Crippen LogP contribution in [0, 0.1) is 10.8 Å².